The number of ether oxygens (including phenoxy) is 2. The minimum absolute atomic E-state index is 0.0456. The number of hydrogen-bond donors (Lipinski definition) is 0. The number of para-hydroxylation sites is 1. The lowest BCUT2D eigenvalue weighted by atomic mass is 9.78. The predicted octanol–water partition coefficient (Wildman–Crippen LogP) is 4.02. The molecule has 5 heteroatoms. The van der Waals surface area contributed by atoms with Gasteiger partial charge in [0.15, 0.2) is 5.79 Å². The van der Waals surface area contributed by atoms with E-state index in [-0.39, 0.29) is 11.5 Å². The number of rotatable bonds is 3. The van der Waals surface area contributed by atoms with Crippen molar-refractivity contribution < 1.29 is 9.47 Å². The highest BCUT2D eigenvalue weighted by Gasteiger charge is 2.42. The Labute approximate surface area is 165 Å². The van der Waals surface area contributed by atoms with E-state index in [4.69, 9.17) is 14.5 Å². The van der Waals surface area contributed by atoms with Crippen molar-refractivity contribution in [2.24, 2.45) is 10.9 Å². The van der Waals surface area contributed by atoms with Gasteiger partial charge in [-0.15, -0.1) is 0 Å². The predicted molar refractivity (Wildman–Crippen MR) is 108 cm³/mol. The van der Waals surface area contributed by atoms with Crippen LogP contribution >= 0.6 is 0 Å². The van der Waals surface area contributed by atoms with E-state index < -0.39 is 5.79 Å². The number of aliphatic imine (C=N–C) groups is 1. The fourth-order valence-corrected chi connectivity index (χ4v) is 5.13. The molecule has 4 heterocycles. The van der Waals surface area contributed by atoms with Crippen molar-refractivity contribution in [1.29, 1.82) is 0 Å². The van der Waals surface area contributed by atoms with Gasteiger partial charge in [-0.2, -0.15) is 0 Å². The van der Waals surface area contributed by atoms with Crippen LogP contribution in [0.1, 0.15) is 55.0 Å². The molecule has 0 saturated carbocycles. The zero-order valence-electron chi connectivity index (χ0n) is 16.7. The maximum atomic E-state index is 13.3. The Morgan fingerprint density at radius 1 is 1.25 bits per heavy atom. The molecule has 3 aliphatic heterocycles. The molecule has 1 fully saturated rings. The van der Waals surface area contributed by atoms with E-state index in [0.717, 1.165) is 35.5 Å². The Bertz CT molecular complexity index is 1030. The van der Waals surface area contributed by atoms with Crippen molar-refractivity contribution in [3.05, 3.63) is 63.1 Å². The second-order valence-electron chi connectivity index (χ2n) is 8.18. The largest absolute Gasteiger partial charge is 0.344 e. The SMILES string of the molecule is CCCC1c2ccccc2N=C2c3cc(C4(C)OCCO4)c(C)c(=O)n3CC21. The van der Waals surface area contributed by atoms with Crippen LogP contribution in [-0.2, 0) is 21.8 Å². The smallest absolute Gasteiger partial charge is 0.254 e. The van der Waals surface area contributed by atoms with Crippen LogP contribution in [-0.4, -0.2) is 23.5 Å². The van der Waals surface area contributed by atoms with Crippen molar-refractivity contribution in [2.45, 2.75) is 51.9 Å². The summed E-state index contributed by atoms with van der Waals surface area (Å²) in [6, 6.07) is 10.5. The number of fused-ring (bicyclic) bond motifs is 4. The van der Waals surface area contributed by atoms with Crippen LogP contribution in [0.15, 0.2) is 40.1 Å². The molecule has 0 amide bonds. The van der Waals surface area contributed by atoms with Crippen LogP contribution in [0, 0.1) is 12.8 Å². The molecular formula is C23H26N2O3. The molecule has 2 aromatic rings. The molecule has 0 radical (unpaired) electrons. The second kappa shape index (κ2) is 6.39. The highest BCUT2D eigenvalue weighted by molar-refractivity contribution is 6.06. The van der Waals surface area contributed by atoms with Gasteiger partial charge < -0.3 is 14.0 Å². The van der Waals surface area contributed by atoms with E-state index in [1.54, 1.807) is 0 Å². The van der Waals surface area contributed by atoms with Crippen LogP contribution in [0.4, 0.5) is 5.69 Å². The number of nitrogens with zero attached hydrogens (tertiary/aromatic N) is 2. The van der Waals surface area contributed by atoms with Crippen molar-refractivity contribution >= 4 is 11.4 Å². The Balaban J connectivity index is 1.70. The molecule has 0 N–H and O–H groups in total. The van der Waals surface area contributed by atoms with Crippen molar-refractivity contribution in [3.63, 3.8) is 0 Å². The molecule has 2 unspecified atom stereocenters. The third kappa shape index (κ3) is 2.46. The average molecular weight is 378 g/mol. The first-order valence-corrected chi connectivity index (χ1v) is 10.2. The number of aromatic nitrogens is 1. The molecule has 5 nitrogen and oxygen atoms in total. The summed E-state index contributed by atoms with van der Waals surface area (Å²) in [6.07, 6.45) is 2.21. The Kier molecular flexibility index (Phi) is 4.07. The first kappa shape index (κ1) is 17.8. The summed E-state index contributed by atoms with van der Waals surface area (Å²) < 4.78 is 13.6. The average Bonchev–Trinajstić information content (AvgIpc) is 3.29. The van der Waals surface area contributed by atoms with Crippen LogP contribution in [0.25, 0.3) is 0 Å². The van der Waals surface area contributed by atoms with Crippen LogP contribution < -0.4 is 5.56 Å². The molecule has 2 atom stereocenters. The Morgan fingerprint density at radius 2 is 2.00 bits per heavy atom. The standard InChI is InChI=1S/C23H26N2O3/c1-4-7-15-16-8-5-6-9-19(16)24-21-17(15)13-25-20(21)12-18(14(2)22(25)26)23(3)27-10-11-28-23/h5-6,8-9,12,15,17H,4,7,10-11,13H2,1-3H3. The lowest BCUT2D eigenvalue weighted by molar-refractivity contribution is -0.150. The zero-order chi connectivity index (χ0) is 19.5. The molecule has 1 aromatic heterocycles. The highest BCUT2D eigenvalue weighted by atomic mass is 16.7. The molecule has 0 bridgehead atoms. The topological polar surface area (TPSA) is 52.8 Å². The minimum Gasteiger partial charge on any atom is -0.344 e. The fourth-order valence-electron chi connectivity index (χ4n) is 5.13. The summed E-state index contributed by atoms with van der Waals surface area (Å²) in [7, 11) is 0. The van der Waals surface area contributed by atoms with Gasteiger partial charge in [-0.1, -0.05) is 31.5 Å². The summed E-state index contributed by atoms with van der Waals surface area (Å²) in [4.78, 5) is 18.3. The van der Waals surface area contributed by atoms with Gasteiger partial charge in [-0.25, -0.2) is 0 Å². The molecule has 5 rings (SSSR count). The summed E-state index contributed by atoms with van der Waals surface area (Å²) in [5.74, 6) is -0.214. The van der Waals surface area contributed by atoms with Gasteiger partial charge in [0.2, 0.25) is 0 Å². The van der Waals surface area contributed by atoms with E-state index in [2.05, 4.69) is 31.2 Å². The zero-order valence-corrected chi connectivity index (χ0v) is 16.7. The van der Waals surface area contributed by atoms with Crippen molar-refractivity contribution in [3.8, 4) is 0 Å². The molecule has 1 saturated heterocycles. The van der Waals surface area contributed by atoms with Gasteiger partial charge in [0, 0.05) is 23.6 Å². The summed E-state index contributed by atoms with van der Waals surface area (Å²) in [5.41, 5.74) is 5.89. The first-order chi connectivity index (χ1) is 13.5. The minimum atomic E-state index is -0.854. The fraction of sp³-hybridized carbons (Fsp3) is 0.478. The summed E-state index contributed by atoms with van der Waals surface area (Å²) >= 11 is 0. The van der Waals surface area contributed by atoms with Gasteiger partial charge in [-0.3, -0.25) is 9.79 Å². The highest BCUT2D eigenvalue weighted by Crippen LogP contribution is 2.45. The molecule has 28 heavy (non-hydrogen) atoms. The molecule has 0 spiro atoms. The van der Waals surface area contributed by atoms with Crippen LogP contribution in [0.2, 0.25) is 0 Å². The molecule has 0 aliphatic carbocycles. The van der Waals surface area contributed by atoms with Crippen LogP contribution in [0.3, 0.4) is 0 Å². The molecule has 1 aromatic carbocycles. The van der Waals surface area contributed by atoms with Gasteiger partial charge in [0.05, 0.1) is 30.3 Å². The number of benzene rings is 1. The van der Waals surface area contributed by atoms with Crippen molar-refractivity contribution in [2.75, 3.05) is 13.2 Å². The van der Waals surface area contributed by atoms with E-state index in [9.17, 15) is 4.79 Å². The molecular weight excluding hydrogens is 352 g/mol. The Morgan fingerprint density at radius 3 is 2.75 bits per heavy atom. The second-order valence-corrected chi connectivity index (χ2v) is 8.18. The lowest BCUT2D eigenvalue weighted by Crippen LogP contribution is -2.31. The van der Waals surface area contributed by atoms with E-state index >= 15 is 0 Å². The normalized spacial score (nSPS) is 24.5. The maximum absolute atomic E-state index is 13.3. The third-order valence-electron chi connectivity index (χ3n) is 6.52. The molecule has 146 valence electrons. The number of hydrogen-bond acceptors (Lipinski definition) is 4. The first-order valence-electron chi connectivity index (χ1n) is 10.2. The molecule has 3 aliphatic rings. The summed E-state index contributed by atoms with van der Waals surface area (Å²) in [6.45, 7) is 7.80. The van der Waals surface area contributed by atoms with E-state index in [0.29, 0.717) is 31.2 Å². The van der Waals surface area contributed by atoms with Crippen molar-refractivity contribution in [1.82, 2.24) is 4.57 Å². The third-order valence-corrected chi connectivity index (χ3v) is 6.52. The van der Waals surface area contributed by atoms with Gasteiger partial charge in [0.25, 0.3) is 5.56 Å². The van der Waals surface area contributed by atoms with Gasteiger partial charge >= 0.3 is 0 Å². The van der Waals surface area contributed by atoms with E-state index in [1.807, 2.05) is 24.5 Å². The summed E-state index contributed by atoms with van der Waals surface area (Å²) in [5, 5.41) is 0. The van der Waals surface area contributed by atoms with E-state index in [1.165, 1.54) is 5.56 Å². The number of pyridine rings is 1. The van der Waals surface area contributed by atoms with Crippen LogP contribution in [0.5, 0.6) is 0 Å². The monoisotopic (exact) mass is 378 g/mol. The Hall–Kier alpha value is -2.24. The maximum Gasteiger partial charge on any atom is 0.254 e. The lowest BCUT2D eigenvalue weighted by Gasteiger charge is -2.29. The van der Waals surface area contributed by atoms with Gasteiger partial charge in [0.1, 0.15) is 0 Å². The quantitative estimate of drug-likeness (QED) is 0.810. The van der Waals surface area contributed by atoms with Gasteiger partial charge in [-0.05, 0) is 43.9 Å².